The topological polar surface area (TPSA) is 99.4 Å². The van der Waals surface area contributed by atoms with Gasteiger partial charge in [-0.3, -0.25) is 4.98 Å². The van der Waals surface area contributed by atoms with Gasteiger partial charge in [0.15, 0.2) is 12.3 Å². The Balaban J connectivity index is 1.65. The summed E-state index contributed by atoms with van der Waals surface area (Å²) in [5.41, 5.74) is 1.37. The Bertz CT molecular complexity index is 1380. The molecule has 0 saturated heterocycles. The molecule has 35 heavy (non-hydrogen) atoms. The van der Waals surface area contributed by atoms with Crippen LogP contribution in [-0.2, 0) is 11.5 Å². The smallest absolute Gasteiger partial charge is 0.422 e. The molecule has 4 aromatic heterocycles. The minimum Gasteiger partial charge on any atom is -0.483 e. The standard InChI is InChI=1S/C22H23F3N4O4SSi/c1-35(2,3)7-6-32-12-29-10-13(21(30)31)18-20(29)27-9-15(28-18)17-8-14-19(34-17)16(4-5-26-14)33-11-22(23,24)25/h4-5,8-10H,6-7,11-12H2,1-3H3,(H,30,31). The van der Waals surface area contributed by atoms with Crippen molar-refractivity contribution >= 4 is 46.8 Å². The Kier molecular flexibility index (Phi) is 6.84. The molecule has 0 aromatic carbocycles. The molecule has 0 bridgehead atoms. The largest absolute Gasteiger partial charge is 0.483 e. The Morgan fingerprint density at radius 3 is 2.71 bits per heavy atom. The normalized spacial score (nSPS) is 12.5. The number of nitrogens with zero attached hydrogens (tertiary/aromatic N) is 4. The fraction of sp³-hybridized carbons (Fsp3) is 0.364. The molecule has 4 aromatic rings. The molecule has 186 valence electrons. The zero-order chi connectivity index (χ0) is 25.4. The maximum absolute atomic E-state index is 12.6. The van der Waals surface area contributed by atoms with Crippen LogP contribution >= 0.6 is 11.3 Å². The fourth-order valence-corrected chi connectivity index (χ4v) is 5.07. The molecule has 1 N–H and O–H groups in total. The summed E-state index contributed by atoms with van der Waals surface area (Å²) in [7, 11) is -1.26. The summed E-state index contributed by atoms with van der Waals surface area (Å²) in [6.45, 7) is 6.02. The number of ether oxygens (including phenoxy) is 2. The first-order chi connectivity index (χ1) is 16.4. The van der Waals surface area contributed by atoms with Crippen molar-refractivity contribution in [3.05, 3.63) is 36.3 Å². The molecular weight excluding hydrogens is 501 g/mol. The maximum Gasteiger partial charge on any atom is 0.422 e. The zero-order valence-corrected chi connectivity index (χ0v) is 21.0. The number of rotatable bonds is 9. The molecule has 0 amide bonds. The molecule has 0 aliphatic heterocycles. The molecule has 8 nitrogen and oxygen atoms in total. The van der Waals surface area contributed by atoms with Gasteiger partial charge in [-0.15, -0.1) is 11.3 Å². The van der Waals surface area contributed by atoms with Crippen LogP contribution in [0, 0.1) is 0 Å². The number of alkyl halides is 3. The molecular formula is C22H23F3N4O4SSi. The molecule has 0 aliphatic carbocycles. The monoisotopic (exact) mass is 524 g/mol. The Hall–Kier alpha value is -3.03. The van der Waals surface area contributed by atoms with Gasteiger partial charge in [0.1, 0.15) is 23.6 Å². The van der Waals surface area contributed by atoms with Crippen LogP contribution in [0.5, 0.6) is 5.75 Å². The van der Waals surface area contributed by atoms with E-state index in [4.69, 9.17) is 9.47 Å². The van der Waals surface area contributed by atoms with Crippen LogP contribution < -0.4 is 4.74 Å². The number of thiophene rings is 1. The summed E-state index contributed by atoms with van der Waals surface area (Å²) in [5.74, 6) is -1.09. The second kappa shape index (κ2) is 9.55. The predicted octanol–water partition coefficient (Wildman–Crippen LogP) is 5.66. The van der Waals surface area contributed by atoms with Crippen molar-refractivity contribution in [2.24, 2.45) is 0 Å². The summed E-state index contributed by atoms with van der Waals surface area (Å²) in [6.07, 6.45) is -0.163. The van der Waals surface area contributed by atoms with Crippen molar-refractivity contribution in [3.63, 3.8) is 0 Å². The molecule has 0 fully saturated rings. The number of halogens is 3. The quantitative estimate of drug-likeness (QED) is 0.223. The number of aromatic nitrogens is 4. The van der Waals surface area contributed by atoms with Crippen molar-refractivity contribution in [3.8, 4) is 16.3 Å². The Labute approximate surface area is 203 Å². The van der Waals surface area contributed by atoms with Gasteiger partial charge in [0, 0.05) is 27.1 Å². The number of carboxylic acid groups (broad SMARTS) is 1. The number of hydrogen-bond donors (Lipinski definition) is 1. The van der Waals surface area contributed by atoms with E-state index in [0.717, 1.165) is 17.4 Å². The number of carbonyl (C=O) groups is 1. The fourth-order valence-electron chi connectivity index (χ4n) is 3.28. The van der Waals surface area contributed by atoms with Gasteiger partial charge in [0.05, 0.1) is 27.0 Å². The van der Waals surface area contributed by atoms with Crippen LogP contribution in [0.25, 0.3) is 32.0 Å². The zero-order valence-electron chi connectivity index (χ0n) is 19.2. The third-order valence-corrected chi connectivity index (χ3v) is 7.91. The lowest BCUT2D eigenvalue weighted by atomic mass is 10.3. The second-order valence-corrected chi connectivity index (χ2v) is 15.8. The predicted molar refractivity (Wildman–Crippen MR) is 129 cm³/mol. The van der Waals surface area contributed by atoms with Gasteiger partial charge in [-0.2, -0.15) is 13.2 Å². The Morgan fingerprint density at radius 2 is 2.03 bits per heavy atom. The van der Waals surface area contributed by atoms with E-state index >= 15 is 0 Å². The number of carboxylic acids is 1. The highest BCUT2D eigenvalue weighted by atomic mass is 32.1. The van der Waals surface area contributed by atoms with Gasteiger partial charge in [-0.05, 0) is 18.2 Å². The van der Waals surface area contributed by atoms with Crippen molar-refractivity contribution in [1.29, 1.82) is 0 Å². The number of fused-ring (bicyclic) bond motifs is 2. The van der Waals surface area contributed by atoms with Crippen molar-refractivity contribution < 1.29 is 32.5 Å². The first-order valence-corrected chi connectivity index (χ1v) is 15.2. The number of pyridine rings is 1. The van der Waals surface area contributed by atoms with E-state index in [1.165, 1.54) is 24.7 Å². The average molecular weight is 525 g/mol. The lowest BCUT2D eigenvalue weighted by Crippen LogP contribution is -2.22. The molecule has 0 radical (unpaired) electrons. The van der Waals surface area contributed by atoms with E-state index in [1.54, 1.807) is 10.6 Å². The summed E-state index contributed by atoms with van der Waals surface area (Å²) >= 11 is 1.14. The molecule has 0 spiro atoms. The van der Waals surface area contributed by atoms with Gasteiger partial charge in [-0.25, -0.2) is 14.8 Å². The third kappa shape index (κ3) is 5.97. The molecule has 4 rings (SSSR count). The summed E-state index contributed by atoms with van der Waals surface area (Å²) < 4.78 is 50.5. The Morgan fingerprint density at radius 1 is 1.26 bits per heavy atom. The van der Waals surface area contributed by atoms with Crippen LogP contribution in [-0.4, -0.2) is 58.1 Å². The van der Waals surface area contributed by atoms with E-state index < -0.39 is 26.8 Å². The number of aromatic carboxylic acids is 1. The minimum atomic E-state index is -4.47. The number of hydrogen-bond acceptors (Lipinski definition) is 7. The van der Waals surface area contributed by atoms with Crippen LogP contribution in [0.1, 0.15) is 10.4 Å². The molecule has 4 heterocycles. The van der Waals surface area contributed by atoms with E-state index in [9.17, 15) is 23.1 Å². The highest BCUT2D eigenvalue weighted by molar-refractivity contribution is 7.22. The van der Waals surface area contributed by atoms with Crippen LogP contribution in [0.15, 0.2) is 30.7 Å². The average Bonchev–Trinajstić information content (AvgIpc) is 3.36. The molecule has 0 unspecified atom stereocenters. The lowest BCUT2D eigenvalue weighted by molar-refractivity contribution is -0.153. The molecule has 0 saturated carbocycles. The minimum absolute atomic E-state index is 0.0171. The van der Waals surface area contributed by atoms with E-state index in [0.29, 0.717) is 33.0 Å². The van der Waals surface area contributed by atoms with Crippen LogP contribution in [0.3, 0.4) is 0 Å². The summed E-state index contributed by atoms with van der Waals surface area (Å²) in [4.78, 5) is 25.5. The first-order valence-electron chi connectivity index (χ1n) is 10.7. The van der Waals surface area contributed by atoms with Crippen LogP contribution in [0.4, 0.5) is 13.2 Å². The molecule has 0 atom stereocenters. The summed E-state index contributed by atoms with van der Waals surface area (Å²) in [5, 5.41) is 9.68. The van der Waals surface area contributed by atoms with Crippen molar-refractivity contribution in [2.75, 3.05) is 13.2 Å². The molecule has 0 aliphatic rings. The second-order valence-electron chi connectivity index (χ2n) is 9.13. The van der Waals surface area contributed by atoms with Gasteiger partial charge in [0.2, 0.25) is 0 Å². The SMILES string of the molecule is C[Si](C)(C)CCOCn1cc(C(=O)O)c2nc(-c3cc4nccc(OCC(F)(F)F)c4s3)cnc21. The van der Waals surface area contributed by atoms with Gasteiger partial charge in [0.25, 0.3) is 0 Å². The van der Waals surface area contributed by atoms with Crippen LogP contribution in [0.2, 0.25) is 25.7 Å². The van der Waals surface area contributed by atoms with E-state index in [2.05, 4.69) is 34.6 Å². The van der Waals surface area contributed by atoms with E-state index in [-0.39, 0.29) is 23.6 Å². The van der Waals surface area contributed by atoms with Gasteiger partial charge in [-0.1, -0.05) is 19.6 Å². The highest BCUT2D eigenvalue weighted by Gasteiger charge is 2.29. The van der Waals surface area contributed by atoms with Gasteiger partial charge < -0.3 is 19.1 Å². The first kappa shape index (κ1) is 25.1. The molecule has 13 heteroatoms. The maximum atomic E-state index is 12.6. The highest BCUT2D eigenvalue weighted by Crippen LogP contribution is 2.38. The lowest BCUT2D eigenvalue weighted by Gasteiger charge is -2.15. The van der Waals surface area contributed by atoms with Crippen molar-refractivity contribution in [1.82, 2.24) is 19.5 Å². The third-order valence-electron chi connectivity index (χ3n) is 5.04. The summed E-state index contributed by atoms with van der Waals surface area (Å²) in [6, 6.07) is 4.00. The van der Waals surface area contributed by atoms with E-state index in [1.807, 2.05) is 0 Å². The van der Waals surface area contributed by atoms with Gasteiger partial charge >= 0.3 is 12.1 Å². The van der Waals surface area contributed by atoms with Crippen molar-refractivity contribution in [2.45, 2.75) is 38.6 Å².